The van der Waals surface area contributed by atoms with Crippen molar-refractivity contribution in [3.63, 3.8) is 0 Å². The highest BCUT2D eigenvalue weighted by atomic mass is 19.1. The van der Waals surface area contributed by atoms with Crippen molar-refractivity contribution < 1.29 is 13.6 Å². The number of carbonyl (C=O) groups excluding carboxylic acids is 1. The lowest BCUT2D eigenvalue weighted by molar-refractivity contribution is -0.115. The number of para-hydroxylation sites is 1. The van der Waals surface area contributed by atoms with E-state index in [1.165, 1.54) is 6.07 Å². The van der Waals surface area contributed by atoms with Crippen LogP contribution in [0, 0.1) is 23.0 Å². The van der Waals surface area contributed by atoms with Gasteiger partial charge in [0.2, 0.25) is 5.91 Å². The highest BCUT2D eigenvalue weighted by Crippen LogP contribution is 2.18. The Morgan fingerprint density at radius 1 is 1.10 bits per heavy atom. The monoisotopic (exact) mass is 272 g/mol. The van der Waals surface area contributed by atoms with Gasteiger partial charge in [-0.25, -0.2) is 8.78 Å². The third-order valence-electron chi connectivity index (χ3n) is 2.67. The second-order valence-corrected chi connectivity index (χ2v) is 4.13. The van der Waals surface area contributed by atoms with Crippen LogP contribution in [0.4, 0.5) is 14.5 Å². The maximum absolute atomic E-state index is 13.4. The van der Waals surface area contributed by atoms with Crippen molar-refractivity contribution in [3.8, 4) is 6.07 Å². The average Bonchev–Trinajstić information content (AvgIpc) is 2.44. The van der Waals surface area contributed by atoms with Gasteiger partial charge in [0.1, 0.15) is 17.3 Å². The molecular weight excluding hydrogens is 262 g/mol. The summed E-state index contributed by atoms with van der Waals surface area (Å²) >= 11 is 0. The standard InChI is InChI=1S/C15H10F2N2O/c16-12-2-1-3-13(17)15(12)19-14(20)8-10-4-6-11(9-18)7-5-10/h1-7H,8H2,(H,19,20). The number of rotatable bonds is 3. The Morgan fingerprint density at radius 2 is 1.70 bits per heavy atom. The molecular formula is C15H10F2N2O. The summed E-state index contributed by atoms with van der Waals surface area (Å²) in [4.78, 5) is 11.7. The van der Waals surface area contributed by atoms with E-state index in [4.69, 9.17) is 5.26 Å². The first-order valence-electron chi connectivity index (χ1n) is 5.83. The van der Waals surface area contributed by atoms with Gasteiger partial charge in [-0.05, 0) is 29.8 Å². The van der Waals surface area contributed by atoms with Crippen molar-refractivity contribution in [2.24, 2.45) is 0 Å². The van der Waals surface area contributed by atoms with Gasteiger partial charge in [-0.1, -0.05) is 18.2 Å². The number of nitrogens with one attached hydrogen (secondary N) is 1. The predicted molar refractivity (Wildman–Crippen MR) is 69.8 cm³/mol. The minimum Gasteiger partial charge on any atom is -0.321 e. The molecule has 100 valence electrons. The first-order valence-corrected chi connectivity index (χ1v) is 5.83. The minimum absolute atomic E-state index is 0.0283. The maximum atomic E-state index is 13.4. The van der Waals surface area contributed by atoms with Crippen molar-refractivity contribution in [1.82, 2.24) is 0 Å². The van der Waals surface area contributed by atoms with Crippen LogP contribution in [-0.4, -0.2) is 5.91 Å². The molecule has 1 N–H and O–H groups in total. The lowest BCUT2D eigenvalue weighted by Crippen LogP contribution is -2.16. The number of nitrogens with zero attached hydrogens (tertiary/aromatic N) is 1. The van der Waals surface area contributed by atoms with Gasteiger partial charge in [0.25, 0.3) is 0 Å². The normalized spacial score (nSPS) is 9.85. The van der Waals surface area contributed by atoms with Crippen LogP contribution in [0.15, 0.2) is 42.5 Å². The molecule has 0 aliphatic rings. The van der Waals surface area contributed by atoms with Gasteiger partial charge in [0, 0.05) is 0 Å². The molecule has 3 nitrogen and oxygen atoms in total. The zero-order valence-corrected chi connectivity index (χ0v) is 10.4. The third kappa shape index (κ3) is 3.18. The van der Waals surface area contributed by atoms with Crippen molar-refractivity contribution in [2.75, 3.05) is 5.32 Å². The van der Waals surface area contributed by atoms with E-state index in [1.54, 1.807) is 24.3 Å². The maximum Gasteiger partial charge on any atom is 0.228 e. The number of carbonyl (C=O) groups is 1. The molecule has 0 heterocycles. The van der Waals surface area contributed by atoms with Gasteiger partial charge in [0.05, 0.1) is 18.1 Å². The molecule has 0 unspecified atom stereocenters. The fourth-order valence-electron chi connectivity index (χ4n) is 1.68. The van der Waals surface area contributed by atoms with E-state index in [0.29, 0.717) is 11.1 Å². The van der Waals surface area contributed by atoms with Crippen LogP contribution in [0.1, 0.15) is 11.1 Å². The average molecular weight is 272 g/mol. The molecule has 0 fully saturated rings. The Bertz CT molecular complexity index is 655. The molecule has 0 saturated heterocycles. The van der Waals surface area contributed by atoms with Gasteiger partial charge in [-0.3, -0.25) is 4.79 Å². The van der Waals surface area contributed by atoms with Crippen LogP contribution in [0.25, 0.3) is 0 Å². The topological polar surface area (TPSA) is 52.9 Å². The van der Waals surface area contributed by atoms with Gasteiger partial charge < -0.3 is 5.32 Å². The quantitative estimate of drug-likeness (QED) is 0.933. The second kappa shape index (κ2) is 5.93. The van der Waals surface area contributed by atoms with Crippen molar-refractivity contribution in [2.45, 2.75) is 6.42 Å². The molecule has 2 aromatic carbocycles. The Kier molecular flexibility index (Phi) is 4.06. The lowest BCUT2D eigenvalue weighted by atomic mass is 10.1. The van der Waals surface area contributed by atoms with Crippen molar-refractivity contribution >= 4 is 11.6 Å². The van der Waals surface area contributed by atoms with Crippen LogP contribution in [0.2, 0.25) is 0 Å². The first kappa shape index (κ1) is 13.7. The molecule has 0 aromatic heterocycles. The summed E-state index contributed by atoms with van der Waals surface area (Å²) < 4.78 is 26.7. The Hall–Kier alpha value is -2.74. The predicted octanol–water partition coefficient (Wildman–Crippen LogP) is 3.02. The van der Waals surface area contributed by atoms with E-state index < -0.39 is 23.2 Å². The van der Waals surface area contributed by atoms with Crippen LogP contribution in [-0.2, 0) is 11.2 Å². The summed E-state index contributed by atoms with van der Waals surface area (Å²) in [6.07, 6.45) is -0.0283. The lowest BCUT2D eigenvalue weighted by Gasteiger charge is -2.07. The zero-order valence-electron chi connectivity index (χ0n) is 10.4. The molecule has 0 radical (unpaired) electrons. The number of halogens is 2. The largest absolute Gasteiger partial charge is 0.321 e. The number of nitriles is 1. The zero-order chi connectivity index (χ0) is 14.5. The molecule has 2 rings (SSSR count). The van der Waals surface area contributed by atoms with Crippen LogP contribution >= 0.6 is 0 Å². The molecule has 0 spiro atoms. The summed E-state index contributed by atoms with van der Waals surface area (Å²) in [6.45, 7) is 0. The van der Waals surface area contributed by atoms with Crippen LogP contribution < -0.4 is 5.32 Å². The van der Waals surface area contributed by atoms with E-state index in [-0.39, 0.29) is 6.42 Å². The fraction of sp³-hybridized carbons (Fsp3) is 0.0667. The molecule has 0 bridgehead atoms. The Labute approximate surface area is 114 Å². The van der Waals surface area contributed by atoms with Crippen LogP contribution in [0.5, 0.6) is 0 Å². The number of amides is 1. The van der Waals surface area contributed by atoms with E-state index in [0.717, 1.165) is 12.1 Å². The molecule has 20 heavy (non-hydrogen) atoms. The van der Waals surface area contributed by atoms with Crippen LogP contribution in [0.3, 0.4) is 0 Å². The number of hydrogen-bond acceptors (Lipinski definition) is 2. The van der Waals surface area contributed by atoms with Gasteiger partial charge in [0.15, 0.2) is 0 Å². The molecule has 0 aliphatic heterocycles. The van der Waals surface area contributed by atoms with Crippen molar-refractivity contribution in [1.29, 1.82) is 5.26 Å². The summed E-state index contributed by atoms with van der Waals surface area (Å²) in [5, 5.41) is 10.9. The van der Waals surface area contributed by atoms with E-state index >= 15 is 0 Å². The molecule has 2 aromatic rings. The van der Waals surface area contributed by atoms with E-state index in [9.17, 15) is 13.6 Å². The molecule has 0 aliphatic carbocycles. The van der Waals surface area contributed by atoms with E-state index in [1.807, 2.05) is 6.07 Å². The van der Waals surface area contributed by atoms with Gasteiger partial charge >= 0.3 is 0 Å². The number of hydrogen-bond donors (Lipinski definition) is 1. The first-order chi connectivity index (χ1) is 9.60. The molecule has 5 heteroatoms. The third-order valence-corrected chi connectivity index (χ3v) is 2.67. The molecule has 0 atom stereocenters. The van der Waals surface area contributed by atoms with E-state index in [2.05, 4.69) is 5.32 Å². The smallest absolute Gasteiger partial charge is 0.228 e. The summed E-state index contributed by atoms with van der Waals surface area (Å²) in [6, 6.07) is 11.7. The SMILES string of the molecule is N#Cc1ccc(CC(=O)Nc2c(F)cccc2F)cc1. The highest BCUT2D eigenvalue weighted by molar-refractivity contribution is 5.92. The Morgan fingerprint density at radius 3 is 2.25 bits per heavy atom. The van der Waals surface area contributed by atoms with Crippen molar-refractivity contribution in [3.05, 3.63) is 65.2 Å². The van der Waals surface area contributed by atoms with Gasteiger partial charge in [-0.15, -0.1) is 0 Å². The Balaban J connectivity index is 2.07. The summed E-state index contributed by atoms with van der Waals surface area (Å²) in [5.41, 5.74) is 0.679. The van der Waals surface area contributed by atoms with Gasteiger partial charge in [-0.2, -0.15) is 5.26 Å². The fourth-order valence-corrected chi connectivity index (χ4v) is 1.68. The summed E-state index contributed by atoms with van der Waals surface area (Å²) in [5.74, 6) is -2.17. The summed E-state index contributed by atoms with van der Waals surface area (Å²) in [7, 11) is 0. The second-order valence-electron chi connectivity index (χ2n) is 4.13. The number of benzene rings is 2. The molecule has 0 saturated carbocycles. The highest BCUT2D eigenvalue weighted by Gasteiger charge is 2.12. The molecule has 1 amide bonds. The minimum atomic E-state index is -0.821. The number of anilines is 1.